The lowest BCUT2D eigenvalue weighted by atomic mass is 9.91. The molecule has 1 saturated carbocycles. The van der Waals surface area contributed by atoms with Gasteiger partial charge in [-0.3, -0.25) is 4.79 Å². The fourth-order valence-electron chi connectivity index (χ4n) is 3.40. The molecule has 3 atom stereocenters. The lowest BCUT2D eigenvalue weighted by Gasteiger charge is -2.24. The number of hydrogen-bond donors (Lipinski definition) is 2. The molecule has 1 amide bonds. The average Bonchev–Trinajstić information content (AvgIpc) is 2.87. The highest BCUT2D eigenvalue weighted by Crippen LogP contribution is 2.58. The average molecular weight is 238 g/mol. The number of hydrogen-bond acceptors (Lipinski definition) is 3. The minimum Gasteiger partial charge on any atom is -0.376 e. The molecular weight excluding hydrogens is 216 g/mol. The zero-order chi connectivity index (χ0) is 11.9. The zero-order valence-corrected chi connectivity index (χ0v) is 10.5. The van der Waals surface area contributed by atoms with E-state index in [4.69, 9.17) is 4.74 Å². The van der Waals surface area contributed by atoms with Crippen LogP contribution in [0.4, 0.5) is 0 Å². The van der Waals surface area contributed by atoms with Crippen molar-refractivity contribution in [3.8, 4) is 0 Å². The van der Waals surface area contributed by atoms with E-state index < -0.39 is 0 Å². The summed E-state index contributed by atoms with van der Waals surface area (Å²) in [6.45, 7) is 4.98. The third-order valence-electron chi connectivity index (χ3n) is 4.81. The minimum absolute atomic E-state index is 0.182. The van der Waals surface area contributed by atoms with Crippen LogP contribution in [0.1, 0.15) is 32.6 Å². The van der Waals surface area contributed by atoms with E-state index in [1.807, 2.05) is 6.92 Å². The third-order valence-corrected chi connectivity index (χ3v) is 4.81. The van der Waals surface area contributed by atoms with Crippen molar-refractivity contribution in [2.45, 2.75) is 44.8 Å². The van der Waals surface area contributed by atoms with Crippen LogP contribution < -0.4 is 10.6 Å². The van der Waals surface area contributed by atoms with Gasteiger partial charge in [-0.15, -0.1) is 0 Å². The van der Waals surface area contributed by atoms with Crippen LogP contribution in [0.3, 0.4) is 0 Å². The fourth-order valence-corrected chi connectivity index (χ4v) is 3.40. The lowest BCUT2D eigenvalue weighted by molar-refractivity contribution is -0.124. The van der Waals surface area contributed by atoms with Gasteiger partial charge in [0.15, 0.2) is 0 Å². The van der Waals surface area contributed by atoms with Crippen molar-refractivity contribution < 1.29 is 9.53 Å². The van der Waals surface area contributed by atoms with Crippen LogP contribution in [0.2, 0.25) is 0 Å². The van der Waals surface area contributed by atoms with Crippen molar-refractivity contribution in [3.63, 3.8) is 0 Å². The van der Waals surface area contributed by atoms with E-state index in [1.54, 1.807) is 0 Å². The molecule has 3 rings (SSSR count). The van der Waals surface area contributed by atoms with Crippen LogP contribution in [0.25, 0.3) is 0 Å². The van der Waals surface area contributed by atoms with E-state index in [9.17, 15) is 4.79 Å². The molecule has 0 radical (unpaired) electrons. The Balaban J connectivity index is 1.54. The molecule has 3 fully saturated rings. The molecule has 17 heavy (non-hydrogen) atoms. The Hall–Kier alpha value is -0.610. The number of piperidine rings is 1. The van der Waals surface area contributed by atoms with Gasteiger partial charge >= 0.3 is 0 Å². The molecule has 0 bridgehead atoms. The number of amides is 1. The van der Waals surface area contributed by atoms with Crippen LogP contribution in [0, 0.1) is 11.3 Å². The van der Waals surface area contributed by atoms with Crippen molar-refractivity contribution >= 4 is 5.91 Å². The third kappa shape index (κ3) is 2.08. The summed E-state index contributed by atoms with van der Waals surface area (Å²) in [5, 5.41) is 6.55. The predicted molar refractivity (Wildman–Crippen MR) is 64.6 cm³/mol. The largest absolute Gasteiger partial charge is 0.376 e. The summed E-state index contributed by atoms with van der Waals surface area (Å²) in [7, 11) is 0. The van der Waals surface area contributed by atoms with Crippen LogP contribution in [-0.4, -0.2) is 37.7 Å². The molecule has 3 aliphatic rings. The summed E-state index contributed by atoms with van der Waals surface area (Å²) in [6, 6.07) is 0.238. The molecule has 2 saturated heterocycles. The summed E-state index contributed by atoms with van der Waals surface area (Å²) >= 11 is 0. The van der Waals surface area contributed by atoms with Crippen molar-refractivity contribution in [2.75, 3.05) is 19.7 Å². The van der Waals surface area contributed by atoms with Gasteiger partial charge in [0.25, 0.3) is 0 Å². The molecule has 1 spiro atoms. The molecule has 1 aliphatic carbocycles. The Morgan fingerprint density at radius 3 is 2.82 bits per heavy atom. The second-order valence-electron chi connectivity index (χ2n) is 5.85. The number of rotatable bonds is 2. The molecule has 0 aromatic rings. The molecular formula is C13H22N2O2. The monoisotopic (exact) mass is 238 g/mol. The Morgan fingerprint density at radius 1 is 1.41 bits per heavy atom. The Kier molecular flexibility index (Phi) is 2.87. The van der Waals surface area contributed by atoms with E-state index in [2.05, 4.69) is 10.6 Å². The topological polar surface area (TPSA) is 50.4 Å². The van der Waals surface area contributed by atoms with Crippen LogP contribution in [0.15, 0.2) is 0 Å². The molecule has 0 aromatic heterocycles. The molecule has 2 N–H and O–H groups in total. The first kappa shape index (κ1) is 11.5. The predicted octanol–water partition coefficient (Wildman–Crippen LogP) is 0.670. The van der Waals surface area contributed by atoms with Gasteiger partial charge in [0, 0.05) is 12.5 Å². The summed E-state index contributed by atoms with van der Waals surface area (Å²) in [5.74, 6) is 0.548. The first-order valence-corrected chi connectivity index (χ1v) is 6.84. The fraction of sp³-hybridized carbons (Fsp3) is 0.923. The summed E-state index contributed by atoms with van der Waals surface area (Å²) < 4.78 is 5.48. The van der Waals surface area contributed by atoms with Gasteiger partial charge in [0.1, 0.15) is 0 Å². The molecule has 4 nitrogen and oxygen atoms in total. The summed E-state index contributed by atoms with van der Waals surface area (Å²) in [4.78, 5) is 12.2. The molecule has 3 unspecified atom stereocenters. The Bertz CT molecular complexity index is 313. The van der Waals surface area contributed by atoms with Crippen molar-refractivity contribution in [3.05, 3.63) is 0 Å². The van der Waals surface area contributed by atoms with Gasteiger partial charge in [0.05, 0.1) is 12.1 Å². The maximum absolute atomic E-state index is 12.2. The Labute approximate surface area is 102 Å². The molecule has 4 heteroatoms. The van der Waals surface area contributed by atoms with Gasteiger partial charge in [-0.05, 0) is 51.1 Å². The second-order valence-corrected chi connectivity index (χ2v) is 5.85. The van der Waals surface area contributed by atoms with Gasteiger partial charge < -0.3 is 15.4 Å². The molecule has 2 aliphatic heterocycles. The summed E-state index contributed by atoms with van der Waals surface area (Å²) in [6.07, 6.45) is 4.59. The van der Waals surface area contributed by atoms with Gasteiger partial charge in [-0.2, -0.15) is 0 Å². The maximum atomic E-state index is 12.2. The van der Waals surface area contributed by atoms with Crippen LogP contribution in [0.5, 0.6) is 0 Å². The van der Waals surface area contributed by atoms with Crippen molar-refractivity contribution in [1.29, 1.82) is 0 Å². The number of carbonyl (C=O) groups is 1. The highest BCUT2D eigenvalue weighted by molar-refractivity contribution is 5.83. The van der Waals surface area contributed by atoms with E-state index in [-0.39, 0.29) is 24.0 Å². The smallest absolute Gasteiger partial charge is 0.224 e. The van der Waals surface area contributed by atoms with E-state index in [1.165, 1.54) is 12.8 Å². The van der Waals surface area contributed by atoms with E-state index in [0.29, 0.717) is 5.41 Å². The Morgan fingerprint density at radius 2 is 2.18 bits per heavy atom. The van der Waals surface area contributed by atoms with E-state index in [0.717, 1.165) is 32.5 Å². The number of ether oxygens (including phenoxy) is 1. The second kappa shape index (κ2) is 4.25. The standard InChI is InChI=1S/C13H22N2O2/c1-9-11(2-7-17-9)15-12(16)10-8-13(10)3-5-14-6-4-13/h9-11,14H,2-8H2,1H3,(H,15,16). The van der Waals surface area contributed by atoms with Crippen molar-refractivity contribution in [2.24, 2.45) is 11.3 Å². The first-order valence-electron chi connectivity index (χ1n) is 6.84. The maximum Gasteiger partial charge on any atom is 0.224 e. The van der Waals surface area contributed by atoms with Crippen LogP contribution in [-0.2, 0) is 9.53 Å². The normalized spacial score (nSPS) is 39.2. The van der Waals surface area contributed by atoms with Gasteiger partial charge in [0.2, 0.25) is 5.91 Å². The van der Waals surface area contributed by atoms with Gasteiger partial charge in [-0.1, -0.05) is 0 Å². The van der Waals surface area contributed by atoms with E-state index >= 15 is 0 Å². The minimum atomic E-state index is 0.182. The highest BCUT2D eigenvalue weighted by Gasteiger charge is 2.57. The number of carbonyl (C=O) groups excluding carboxylic acids is 1. The first-order chi connectivity index (χ1) is 8.21. The van der Waals surface area contributed by atoms with Crippen LogP contribution >= 0.6 is 0 Å². The molecule has 0 aromatic carbocycles. The highest BCUT2D eigenvalue weighted by atomic mass is 16.5. The lowest BCUT2D eigenvalue weighted by Crippen LogP contribution is -2.41. The molecule has 96 valence electrons. The summed E-state index contributed by atoms with van der Waals surface area (Å²) in [5.41, 5.74) is 0.345. The number of nitrogens with one attached hydrogen (secondary N) is 2. The quantitative estimate of drug-likeness (QED) is 0.743. The molecule has 2 heterocycles. The van der Waals surface area contributed by atoms with Gasteiger partial charge in [-0.25, -0.2) is 0 Å². The van der Waals surface area contributed by atoms with Crippen molar-refractivity contribution in [1.82, 2.24) is 10.6 Å². The zero-order valence-electron chi connectivity index (χ0n) is 10.5. The SMILES string of the molecule is CC1OCCC1NC(=O)C1CC12CCNCC2.